The van der Waals surface area contributed by atoms with Gasteiger partial charge in [0.25, 0.3) is 0 Å². The number of nitrogen functional groups attached to an aromatic ring is 1. The Labute approximate surface area is 129 Å². The van der Waals surface area contributed by atoms with Gasteiger partial charge in [-0.05, 0) is 50.1 Å². The summed E-state index contributed by atoms with van der Waals surface area (Å²) in [5.74, 6) is 0. The van der Waals surface area contributed by atoms with Gasteiger partial charge in [0, 0.05) is 22.0 Å². The zero-order chi connectivity index (χ0) is 14.9. The molecule has 0 saturated heterocycles. The zero-order valence-corrected chi connectivity index (χ0v) is 13.9. The van der Waals surface area contributed by atoms with Crippen LogP contribution < -0.4 is 10.5 Å². The number of rotatable bonds is 4. The quantitative estimate of drug-likeness (QED) is 0.830. The molecule has 0 heterocycles. The lowest BCUT2D eigenvalue weighted by Gasteiger charge is -2.16. The van der Waals surface area contributed by atoms with Gasteiger partial charge in [0.1, 0.15) is 0 Å². The smallest absolute Gasteiger partial charge is 0.241 e. The van der Waals surface area contributed by atoms with Crippen molar-refractivity contribution in [1.29, 1.82) is 0 Å². The van der Waals surface area contributed by atoms with Gasteiger partial charge in [-0.25, -0.2) is 13.1 Å². The fourth-order valence-electron chi connectivity index (χ4n) is 2.50. The fourth-order valence-corrected chi connectivity index (χ4v) is 5.17. The normalized spacial score (nSPS) is 23.1. The van der Waals surface area contributed by atoms with E-state index >= 15 is 0 Å². The van der Waals surface area contributed by atoms with Crippen molar-refractivity contribution in [1.82, 2.24) is 4.72 Å². The van der Waals surface area contributed by atoms with Crippen LogP contribution in [0.5, 0.6) is 0 Å². The molecule has 0 amide bonds. The first-order valence-corrected chi connectivity index (χ1v) is 9.59. The topological polar surface area (TPSA) is 72.2 Å². The number of nitrogens with one attached hydrogen (secondary N) is 1. The molecule has 2 rings (SSSR count). The van der Waals surface area contributed by atoms with Crippen LogP contribution in [0, 0.1) is 6.92 Å². The summed E-state index contributed by atoms with van der Waals surface area (Å²) in [6.07, 6.45) is 4.85. The van der Waals surface area contributed by atoms with Crippen molar-refractivity contribution >= 4 is 39.1 Å². The third-order valence-corrected chi connectivity index (χ3v) is 6.65. The van der Waals surface area contributed by atoms with E-state index in [4.69, 9.17) is 17.3 Å². The summed E-state index contributed by atoms with van der Waals surface area (Å²) in [5.41, 5.74) is 6.73. The third-order valence-electron chi connectivity index (χ3n) is 3.69. The minimum absolute atomic E-state index is 0.00273. The predicted molar refractivity (Wildman–Crippen MR) is 85.9 cm³/mol. The van der Waals surface area contributed by atoms with Gasteiger partial charge in [0.15, 0.2) is 0 Å². The predicted octanol–water partition coefficient (Wildman–Crippen LogP) is 2.79. The zero-order valence-electron chi connectivity index (χ0n) is 11.5. The van der Waals surface area contributed by atoms with Crippen LogP contribution in [0.1, 0.15) is 24.8 Å². The first-order chi connectivity index (χ1) is 9.33. The fraction of sp³-hybridized carbons (Fsp3) is 0.538. The van der Waals surface area contributed by atoms with Gasteiger partial charge >= 0.3 is 0 Å². The second-order valence-electron chi connectivity index (χ2n) is 5.11. The average Bonchev–Trinajstić information content (AvgIpc) is 2.80. The molecule has 0 spiro atoms. The maximum atomic E-state index is 12.5. The molecular weight excluding hydrogens is 316 g/mol. The van der Waals surface area contributed by atoms with Crippen molar-refractivity contribution in [2.75, 3.05) is 12.0 Å². The van der Waals surface area contributed by atoms with E-state index in [1.807, 2.05) is 0 Å². The Kier molecular flexibility index (Phi) is 4.89. The molecule has 1 aromatic rings. The summed E-state index contributed by atoms with van der Waals surface area (Å²) < 4.78 is 27.7. The molecule has 1 aliphatic carbocycles. The number of sulfonamides is 1. The maximum Gasteiger partial charge on any atom is 0.241 e. The molecule has 1 aliphatic rings. The van der Waals surface area contributed by atoms with E-state index in [0.29, 0.717) is 21.5 Å². The van der Waals surface area contributed by atoms with E-state index in [1.54, 1.807) is 24.8 Å². The van der Waals surface area contributed by atoms with E-state index < -0.39 is 10.0 Å². The van der Waals surface area contributed by atoms with Gasteiger partial charge in [-0.1, -0.05) is 11.6 Å². The number of hydrogen-bond acceptors (Lipinski definition) is 4. The highest BCUT2D eigenvalue weighted by atomic mass is 35.5. The minimum atomic E-state index is -3.57. The molecule has 2 atom stereocenters. The summed E-state index contributed by atoms with van der Waals surface area (Å²) in [6.45, 7) is 1.69. The molecule has 2 unspecified atom stereocenters. The second-order valence-corrected chi connectivity index (χ2v) is 8.36. The molecule has 3 N–H and O–H groups in total. The summed E-state index contributed by atoms with van der Waals surface area (Å²) in [6, 6.07) is 3.02. The SMILES string of the molecule is CSC1CCC(NS(=O)(=O)c2cc(Cl)cc(N)c2C)C1. The van der Waals surface area contributed by atoms with E-state index in [1.165, 1.54) is 6.07 Å². The van der Waals surface area contributed by atoms with Crippen molar-refractivity contribution in [2.24, 2.45) is 0 Å². The van der Waals surface area contributed by atoms with Gasteiger partial charge in [-0.2, -0.15) is 11.8 Å². The average molecular weight is 335 g/mol. The number of halogens is 1. The van der Waals surface area contributed by atoms with Crippen molar-refractivity contribution in [3.63, 3.8) is 0 Å². The van der Waals surface area contributed by atoms with Crippen LogP contribution in [0.4, 0.5) is 5.69 Å². The molecule has 0 radical (unpaired) electrons. The van der Waals surface area contributed by atoms with E-state index in [9.17, 15) is 8.42 Å². The summed E-state index contributed by atoms with van der Waals surface area (Å²) in [7, 11) is -3.57. The molecule has 0 bridgehead atoms. The van der Waals surface area contributed by atoms with Crippen LogP contribution in [0.15, 0.2) is 17.0 Å². The molecule has 7 heteroatoms. The van der Waals surface area contributed by atoms with Crippen LogP contribution in [0.2, 0.25) is 5.02 Å². The number of nitrogens with two attached hydrogens (primary N) is 1. The molecule has 112 valence electrons. The largest absolute Gasteiger partial charge is 0.398 e. The van der Waals surface area contributed by atoms with Gasteiger partial charge in [-0.3, -0.25) is 0 Å². The highest BCUT2D eigenvalue weighted by Crippen LogP contribution is 2.31. The third kappa shape index (κ3) is 3.42. The molecule has 1 aromatic carbocycles. The Bertz CT molecular complexity index is 605. The molecule has 20 heavy (non-hydrogen) atoms. The number of benzene rings is 1. The maximum absolute atomic E-state index is 12.5. The van der Waals surface area contributed by atoms with Crippen LogP contribution in [0.3, 0.4) is 0 Å². The lowest BCUT2D eigenvalue weighted by atomic mass is 10.2. The van der Waals surface area contributed by atoms with Gasteiger partial charge in [-0.15, -0.1) is 0 Å². The van der Waals surface area contributed by atoms with E-state index in [-0.39, 0.29) is 10.9 Å². The monoisotopic (exact) mass is 334 g/mol. The first-order valence-electron chi connectivity index (χ1n) is 6.44. The minimum Gasteiger partial charge on any atom is -0.398 e. The van der Waals surface area contributed by atoms with Crippen molar-refractivity contribution in [3.05, 3.63) is 22.7 Å². The lowest BCUT2D eigenvalue weighted by Crippen LogP contribution is -2.33. The Balaban J connectivity index is 2.23. The summed E-state index contributed by atoms with van der Waals surface area (Å²) in [5, 5.41) is 0.870. The first kappa shape index (κ1) is 15.9. The van der Waals surface area contributed by atoms with Crippen LogP contribution >= 0.6 is 23.4 Å². The molecule has 1 fully saturated rings. The van der Waals surface area contributed by atoms with E-state index in [0.717, 1.165) is 19.3 Å². The van der Waals surface area contributed by atoms with E-state index in [2.05, 4.69) is 11.0 Å². The number of hydrogen-bond donors (Lipinski definition) is 2. The van der Waals surface area contributed by atoms with Crippen LogP contribution in [-0.4, -0.2) is 26.0 Å². The molecule has 0 aromatic heterocycles. The van der Waals surface area contributed by atoms with Crippen LogP contribution in [-0.2, 0) is 10.0 Å². The standard InChI is InChI=1S/C13H19ClN2O2S2/c1-8-12(15)5-9(14)6-13(8)20(17,18)16-10-3-4-11(7-10)19-2/h5-6,10-11,16H,3-4,7,15H2,1-2H3. The van der Waals surface area contributed by atoms with Gasteiger partial charge in [0.05, 0.1) is 4.90 Å². The number of anilines is 1. The second kappa shape index (κ2) is 6.13. The Hall–Kier alpha value is -0.430. The van der Waals surface area contributed by atoms with Crippen molar-refractivity contribution in [2.45, 2.75) is 42.4 Å². The lowest BCUT2D eigenvalue weighted by molar-refractivity contribution is 0.552. The Morgan fingerprint density at radius 3 is 2.70 bits per heavy atom. The number of thioether (sulfide) groups is 1. The Morgan fingerprint density at radius 2 is 2.10 bits per heavy atom. The van der Waals surface area contributed by atoms with Gasteiger partial charge < -0.3 is 5.73 Å². The van der Waals surface area contributed by atoms with Crippen LogP contribution in [0.25, 0.3) is 0 Å². The highest BCUT2D eigenvalue weighted by Gasteiger charge is 2.29. The van der Waals surface area contributed by atoms with Crippen molar-refractivity contribution < 1.29 is 8.42 Å². The molecular formula is C13H19ClN2O2S2. The Morgan fingerprint density at radius 1 is 1.40 bits per heavy atom. The molecule has 4 nitrogen and oxygen atoms in total. The molecule has 1 saturated carbocycles. The summed E-state index contributed by atoms with van der Waals surface area (Å²) >= 11 is 7.70. The highest BCUT2D eigenvalue weighted by molar-refractivity contribution is 7.99. The molecule has 0 aliphatic heterocycles. The summed E-state index contributed by atoms with van der Waals surface area (Å²) in [4.78, 5) is 0.176. The van der Waals surface area contributed by atoms with Crippen molar-refractivity contribution in [3.8, 4) is 0 Å². The van der Waals surface area contributed by atoms with Gasteiger partial charge in [0.2, 0.25) is 10.0 Å².